The van der Waals surface area contributed by atoms with Crippen LogP contribution in [-0.2, 0) is 6.54 Å². The number of hydrogen-bond donors (Lipinski definition) is 1. The zero-order chi connectivity index (χ0) is 11.3. The fraction of sp³-hybridized carbons (Fsp3) is 0.727. The average Bonchev–Trinajstić information content (AvgIpc) is 2.63. The fourth-order valence-electron chi connectivity index (χ4n) is 1.73. The maximum Gasteiger partial charge on any atom is 0.127 e. The lowest BCUT2D eigenvalue weighted by Crippen LogP contribution is -2.31. The van der Waals surface area contributed by atoms with Gasteiger partial charge in [-0.1, -0.05) is 6.92 Å². The third-order valence-corrected chi connectivity index (χ3v) is 2.42. The highest BCUT2D eigenvalue weighted by Crippen LogP contribution is 2.11. The molecule has 0 aliphatic carbocycles. The SMILES string of the molecule is CCCn1ccnc1C(CN(C)C)NC. The topological polar surface area (TPSA) is 33.1 Å². The number of likely N-dealkylation sites (N-methyl/N-ethyl adjacent to an activating group) is 2. The van der Waals surface area contributed by atoms with Crippen LogP contribution in [0.3, 0.4) is 0 Å². The summed E-state index contributed by atoms with van der Waals surface area (Å²) in [6.45, 7) is 4.20. The number of nitrogens with one attached hydrogen (secondary N) is 1. The third-order valence-electron chi connectivity index (χ3n) is 2.42. The van der Waals surface area contributed by atoms with Gasteiger partial charge in [0.05, 0.1) is 6.04 Å². The van der Waals surface area contributed by atoms with E-state index < -0.39 is 0 Å². The Morgan fingerprint density at radius 1 is 1.53 bits per heavy atom. The minimum atomic E-state index is 0.307. The molecule has 1 rings (SSSR count). The van der Waals surface area contributed by atoms with Crippen molar-refractivity contribution in [3.05, 3.63) is 18.2 Å². The van der Waals surface area contributed by atoms with Crippen molar-refractivity contribution in [1.29, 1.82) is 0 Å². The van der Waals surface area contributed by atoms with Crippen molar-refractivity contribution in [2.75, 3.05) is 27.7 Å². The molecule has 0 radical (unpaired) electrons. The van der Waals surface area contributed by atoms with Crippen molar-refractivity contribution in [2.45, 2.75) is 25.9 Å². The fourth-order valence-corrected chi connectivity index (χ4v) is 1.73. The minimum Gasteiger partial charge on any atom is -0.334 e. The number of rotatable bonds is 6. The van der Waals surface area contributed by atoms with Gasteiger partial charge >= 0.3 is 0 Å². The Morgan fingerprint density at radius 3 is 2.80 bits per heavy atom. The van der Waals surface area contributed by atoms with Crippen LogP contribution in [-0.4, -0.2) is 42.1 Å². The Hall–Kier alpha value is -0.870. The molecule has 1 aromatic heterocycles. The number of aromatic nitrogens is 2. The Balaban J connectivity index is 2.76. The summed E-state index contributed by atoms with van der Waals surface area (Å²) >= 11 is 0. The number of hydrogen-bond acceptors (Lipinski definition) is 3. The lowest BCUT2D eigenvalue weighted by Gasteiger charge is -2.21. The molecule has 1 aromatic rings. The lowest BCUT2D eigenvalue weighted by molar-refractivity contribution is 0.338. The standard InChI is InChI=1S/C11H22N4/c1-5-7-15-8-6-13-11(15)10(12-2)9-14(3)4/h6,8,10,12H,5,7,9H2,1-4H3. The summed E-state index contributed by atoms with van der Waals surface area (Å²) in [6, 6.07) is 0.307. The first-order valence-corrected chi connectivity index (χ1v) is 5.52. The van der Waals surface area contributed by atoms with Gasteiger partial charge < -0.3 is 14.8 Å². The van der Waals surface area contributed by atoms with Crippen molar-refractivity contribution >= 4 is 0 Å². The molecule has 0 aliphatic heterocycles. The molecule has 15 heavy (non-hydrogen) atoms. The van der Waals surface area contributed by atoms with Crippen molar-refractivity contribution in [2.24, 2.45) is 0 Å². The summed E-state index contributed by atoms with van der Waals surface area (Å²) in [6.07, 6.45) is 5.07. The molecule has 1 atom stereocenters. The Morgan fingerprint density at radius 2 is 2.27 bits per heavy atom. The van der Waals surface area contributed by atoms with Crippen molar-refractivity contribution < 1.29 is 0 Å². The lowest BCUT2D eigenvalue weighted by atomic mass is 10.2. The number of nitrogens with zero attached hydrogens (tertiary/aromatic N) is 3. The normalized spacial score (nSPS) is 13.4. The zero-order valence-corrected chi connectivity index (χ0v) is 10.2. The number of imidazole rings is 1. The highest BCUT2D eigenvalue weighted by atomic mass is 15.1. The van der Waals surface area contributed by atoms with Gasteiger partial charge in [0.1, 0.15) is 5.82 Å². The van der Waals surface area contributed by atoms with Crippen molar-refractivity contribution in [3.8, 4) is 0 Å². The highest BCUT2D eigenvalue weighted by Gasteiger charge is 2.15. The van der Waals surface area contributed by atoms with Gasteiger partial charge in [-0.25, -0.2) is 4.98 Å². The molecule has 1 heterocycles. The molecule has 0 saturated heterocycles. The van der Waals surface area contributed by atoms with Crippen LogP contribution in [0.25, 0.3) is 0 Å². The maximum atomic E-state index is 4.43. The molecule has 0 aliphatic rings. The minimum absolute atomic E-state index is 0.307. The van der Waals surface area contributed by atoms with E-state index in [0.29, 0.717) is 6.04 Å². The first kappa shape index (κ1) is 12.2. The molecule has 86 valence electrons. The van der Waals surface area contributed by atoms with Gasteiger partial charge in [0, 0.05) is 25.5 Å². The first-order valence-electron chi connectivity index (χ1n) is 5.52. The number of aryl methyl sites for hydroxylation is 1. The van der Waals surface area contributed by atoms with E-state index in [-0.39, 0.29) is 0 Å². The Bertz CT molecular complexity index is 280. The second kappa shape index (κ2) is 5.88. The van der Waals surface area contributed by atoms with E-state index in [1.807, 2.05) is 13.2 Å². The van der Waals surface area contributed by atoms with E-state index in [2.05, 4.69) is 47.0 Å². The van der Waals surface area contributed by atoms with E-state index in [4.69, 9.17) is 0 Å². The van der Waals surface area contributed by atoms with Crippen LogP contribution in [0, 0.1) is 0 Å². The molecule has 0 saturated carbocycles. The molecular formula is C11H22N4. The Labute approximate surface area is 92.3 Å². The van der Waals surface area contributed by atoms with Crippen molar-refractivity contribution in [1.82, 2.24) is 19.8 Å². The molecule has 4 nitrogen and oxygen atoms in total. The van der Waals surface area contributed by atoms with Crippen LogP contribution in [0.4, 0.5) is 0 Å². The molecule has 0 fully saturated rings. The van der Waals surface area contributed by atoms with Crippen molar-refractivity contribution in [3.63, 3.8) is 0 Å². The quantitative estimate of drug-likeness (QED) is 0.763. The average molecular weight is 210 g/mol. The molecule has 0 spiro atoms. The summed E-state index contributed by atoms with van der Waals surface area (Å²) in [5.41, 5.74) is 0. The summed E-state index contributed by atoms with van der Waals surface area (Å²) in [5, 5.41) is 3.31. The third kappa shape index (κ3) is 3.32. The van der Waals surface area contributed by atoms with E-state index in [1.165, 1.54) is 0 Å². The van der Waals surface area contributed by atoms with Gasteiger partial charge in [0.2, 0.25) is 0 Å². The van der Waals surface area contributed by atoms with E-state index >= 15 is 0 Å². The monoisotopic (exact) mass is 210 g/mol. The second-order valence-corrected chi connectivity index (χ2v) is 4.08. The van der Waals surface area contributed by atoms with Crippen LogP contribution < -0.4 is 5.32 Å². The van der Waals surface area contributed by atoms with Crippen LogP contribution in [0.1, 0.15) is 25.2 Å². The molecule has 0 aromatic carbocycles. The molecule has 0 bridgehead atoms. The van der Waals surface area contributed by atoms with Gasteiger partial charge in [0.25, 0.3) is 0 Å². The molecule has 0 amide bonds. The summed E-state index contributed by atoms with van der Waals surface area (Å²) < 4.78 is 2.23. The molecule has 1 N–H and O–H groups in total. The van der Waals surface area contributed by atoms with Crippen LogP contribution in [0.2, 0.25) is 0 Å². The van der Waals surface area contributed by atoms with Gasteiger partial charge in [-0.2, -0.15) is 0 Å². The predicted octanol–water partition coefficient (Wildman–Crippen LogP) is 1.12. The predicted molar refractivity (Wildman–Crippen MR) is 62.9 cm³/mol. The highest BCUT2D eigenvalue weighted by molar-refractivity contribution is 5.00. The molecular weight excluding hydrogens is 188 g/mol. The smallest absolute Gasteiger partial charge is 0.127 e. The van der Waals surface area contributed by atoms with Gasteiger partial charge in [-0.05, 0) is 27.6 Å². The summed E-state index contributed by atoms with van der Waals surface area (Å²) in [4.78, 5) is 6.61. The second-order valence-electron chi connectivity index (χ2n) is 4.08. The molecule has 1 unspecified atom stereocenters. The summed E-state index contributed by atoms with van der Waals surface area (Å²) in [5.74, 6) is 1.13. The van der Waals surface area contributed by atoms with Crippen LogP contribution >= 0.6 is 0 Å². The molecule has 4 heteroatoms. The van der Waals surface area contributed by atoms with Crippen LogP contribution in [0.15, 0.2) is 12.4 Å². The van der Waals surface area contributed by atoms with Gasteiger partial charge in [-0.3, -0.25) is 0 Å². The van der Waals surface area contributed by atoms with Gasteiger partial charge in [-0.15, -0.1) is 0 Å². The van der Waals surface area contributed by atoms with E-state index in [1.54, 1.807) is 0 Å². The largest absolute Gasteiger partial charge is 0.334 e. The Kier molecular flexibility index (Phi) is 4.78. The maximum absolute atomic E-state index is 4.43. The zero-order valence-electron chi connectivity index (χ0n) is 10.2. The first-order chi connectivity index (χ1) is 7.19. The van der Waals surface area contributed by atoms with Crippen LogP contribution in [0.5, 0.6) is 0 Å². The van der Waals surface area contributed by atoms with E-state index in [9.17, 15) is 0 Å². The van der Waals surface area contributed by atoms with E-state index in [0.717, 1.165) is 25.3 Å². The van der Waals surface area contributed by atoms with Gasteiger partial charge in [0.15, 0.2) is 0 Å². The summed E-state index contributed by atoms with van der Waals surface area (Å²) in [7, 11) is 6.15.